The van der Waals surface area contributed by atoms with E-state index in [1.54, 1.807) is 17.0 Å². The van der Waals surface area contributed by atoms with Crippen molar-refractivity contribution in [3.8, 4) is 0 Å². The number of halogens is 2. The Morgan fingerprint density at radius 2 is 1.95 bits per heavy atom. The van der Waals surface area contributed by atoms with Crippen LogP contribution in [0, 0.1) is 5.82 Å². The van der Waals surface area contributed by atoms with Crippen LogP contribution in [0.25, 0.3) is 0 Å². The van der Waals surface area contributed by atoms with Gasteiger partial charge in [0, 0.05) is 22.7 Å². The Morgan fingerprint density at radius 3 is 2.76 bits per heavy atom. The normalized spacial score (nSPS) is 14.8. The first-order valence-corrected chi connectivity index (χ1v) is 7.34. The summed E-state index contributed by atoms with van der Waals surface area (Å²) in [5.74, 6) is -0.421. The highest BCUT2D eigenvalue weighted by atomic mass is 35.5. The van der Waals surface area contributed by atoms with Gasteiger partial charge in [0.25, 0.3) is 5.91 Å². The summed E-state index contributed by atoms with van der Waals surface area (Å²) in [6, 6.07) is 12.2. The molecule has 2 aromatic rings. The molecule has 3 rings (SSSR count). The highest BCUT2D eigenvalue weighted by Crippen LogP contribution is 2.24. The topological polar surface area (TPSA) is 20.3 Å². The molecule has 0 saturated heterocycles. The SMILES string of the molecule is O=C1c2ccccc2CCCN1Cc1c(F)cccc1Cl. The van der Waals surface area contributed by atoms with Crippen molar-refractivity contribution < 1.29 is 9.18 Å². The molecule has 108 valence electrons. The van der Waals surface area contributed by atoms with E-state index in [0.29, 0.717) is 22.7 Å². The summed E-state index contributed by atoms with van der Waals surface area (Å²) in [4.78, 5) is 14.3. The zero-order chi connectivity index (χ0) is 14.8. The molecule has 1 aliphatic rings. The van der Waals surface area contributed by atoms with E-state index in [9.17, 15) is 9.18 Å². The Balaban J connectivity index is 1.92. The number of rotatable bonds is 2. The summed E-state index contributed by atoms with van der Waals surface area (Å²) in [7, 11) is 0. The summed E-state index contributed by atoms with van der Waals surface area (Å²) in [5, 5.41) is 0.361. The third-order valence-electron chi connectivity index (χ3n) is 3.82. The molecule has 1 amide bonds. The largest absolute Gasteiger partial charge is 0.334 e. The molecule has 0 radical (unpaired) electrons. The highest BCUT2D eigenvalue weighted by Gasteiger charge is 2.23. The highest BCUT2D eigenvalue weighted by molar-refractivity contribution is 6.31. The average Bonchev–Trinajstić information content (AvgIpc) is 2.63. The van der Waals surface area contributed by atoms with Crippen molar-refractivity contribution in [1.29, 1.82) is 0 Å². The van der Waals surface area contributed by atoms with Gasteiger partial charge >= 0.3 is 0 Å². The van der Waals surface area contributed by atoms with Crippen molar-refractivity contribution in [1.82, 2.24) is 4.90 Å². The monoisotopic (exact) mass is 303 g/mol. The summed E-state index contributed by atoms with van der Waals surface area (Å²) in [6.07, 6.45) is 1.73. The number of hydrogen-bond donors (Lipinski definition) is 0. The molecule has 0 bridgehead atoms. The van der Waals surface area contributed by atoms with E-state index in [0.717, 1.165) is 18.4 Å². The maximum Gasteiger partial charge on any atom is 0.254 e. The van der Waals surface area contributed by atoms with Gasteiger partial charge in [-0.1, -0.05) is 35.9 Å². The zero-order valence-corrected chi connectivity index (χ0v) is 12.2. The molecule has 1 heterocycles. The van der Waals surface area contributed by atoms with Gasteiger partial charge in [0.2, 0.25) is 0 Å². The zero-order valence-electron chi connectivity index (χ0n) is 11.5. The number of carbonyl (C=O) groups excluding carboxylic acids is 1. The quantitative estimate of drug-likeness (QED) is 0.819. The first-order valence-electron chi connectivity index (χ1n) is 6.97. The molecule has 4 heteroatoms. The van der Waals surface area contributed by atoms with Crippen molar-refractivity contribution in [3.63, 3.8) is 0 Å². The molecular formula is C17H15ClFNO. The lowest BCUT2D eigenvalue weighted by atomic mass is 10.0. The van der Waals surface area contributed by atoms with E-state index in [4.69, 9.17) is 11.6 Å². The second kappa shape index (κ2) is 5.86. The smallest absolute Gasteiger partial charge is 0.254 e. The van der Waals surface area contributed by atoms with Crippen LogP contribution in [-0.4, -0.2) is 17.4 Å². The summed E-state index contributed by atoms with van der Waals surface area (Å²) in [5.41, 5.74) is 2.15. The van der Waals surface area contributed by atoms with E-state index in [2.05, 4.69) is 0 Å². The van der Waals surface area contributed by atoms with Crippen LogP contribution in [0.4, 0.5) is 4.39 Å². The minimum atomic E-state index is -0.368. The summed E-state index contributed by atoms with van der Waals surface area (Å²) in [6.45, 7) is 0.816. The van der Waals surface area contributed by atoms with Crippen LogP contribution >= 0.6 is 11.6 Å². The Morgan fingerprint density at radius 1 is 1.14 bits per heavy atom. The van der Waals surface area contributed by atoms with E-state index in [-0.39, 0.29) is 18.3 Å². The second-order valence-corrected chi connectivity index (χ2v) is 5.59. The average molecular weight is 304 g/mol. The van der Waals surface area contributed by atoms with Gasteiger partial charge in [-0.2, -0.15) is 0 Å². The number of carbonyl (C=O) groups is 1. The van der Waals surface area contributed by atoms with Crippen molar-refractivity contribution in [2.24, 2.45) is 0 Å². The molecule has 0 N–H and O–H groups in total. The molecule has 0 aliphatic carbocycles. The van der Waals surface area contributed by atoms with Gasteiger partial charge in [-0.15, -0.1) is 0 Å². The molecule has 2 aromatic carbocycles. The number of aryl methyl sites for hydroxylation is 1. The fourth-order valence-corrected chi connectivity index (χ4v) is 2.93. The van der Waals surface area contributed by atoms with Crippen LogP contribution in [0.3, 0.4) is 0 Å². The van der Waals surface area contributed by atoms with Gasteiger partial charge in [0.1, 0.15) is 5.82 Å². The Kier molecular flexibility index (Phi) is 3.93. The Bertz CT molecular complexity index is 666. The Hall–Kier alpha value is -1.87. The Labute approximate surface area is 128 Å². The van der Waals surface area contributed by atoms with Crippen LogP contribution < -0.4 is 0 Å². The van der Waals surface area contributed by atoms with E-state index in [1.165, 1.54) is 6.07 Å². The number of fused-ring (bicyclic) bond motifs is 1. The number of benzene rings is 2. The third kappa shape index (κ3) is 2.79. The minimum absolute atomic E-state index is 0.0533. The van der Waals surface area contributed by atoms with Crippen LogP contribution in [0.2, 0.25) is 5.02 Å². The second-order valence-electron chi connectivity index (χ2n) is 5.19. The summed E-state index contributed by atoms with van der Waals surface area (Å²) >= 11 is 6.06. The lowest BCUT2D eigenvalue weighted by Gasteiger charge is -2.22. The number of nitrogens with zero attached hydrogens (tertiary/aromatic N) is 1. The summed E-state index contributed by atoms with van der Waals surface area (Å²) < 4.78 is 13.9. The van der Waals surface area contributed by atoms with Gasteiger partial charge in [0.15, 0.2) is 0 Å². The standard InChI is InChI=1S/C17H15ClFNO/c18-15-8-3-9-16(19)14(15)11-20-10-4-6-12-5-1-2-7-13(12)17(20)21/h1-3,5,7-9H,4,6,10-11H2. The molecule has 1 aliphatic heterocycles. The van der Waals surface area contributed by atoms with Gasteiger partial charge in [-0.3, -0.25) is 4.79 Å². The van der Waals surface area contributed by atoms with Crippen molar-refractivity contribution >= 4 is 17.5 Å². The van der Waals surface area contributed by atoms with E-state index in [1.807, 2.05) is 24.3 Å². The molecular weight excluding hydrogens is 289 g/mol. The molecule has 0 fully saturated rings. The van der Waals surface area contributed by atoms with Gasteiger partial charge < -0.3 is 4.90 Å². The third-order valence-corrected chi connectivity index (χ3v) is 4.17. The van der Waals surface area contributed by atoms with E-state index < -0.39 is 0 Å². The van der Waals surface area contributed by atoms with Crippen molar-refractivity contribution in [2.45, 2.75) is 19.4 Å². The molecule has 0 atom stereocenters. The van der Waals surface area contributed by atoms with Crippen molar-refractivity contribution in [2.75, 3.05) is 6.54 Å². The maximum atomic E-state index is 13.9. The molecule has 2 nitrogen and oxygen atoms in total. The lowest BCUT2D eigenvalue weighted by molar-refractivity contribution is 0.0747. The molecule has 0 saturated carbocycles. The predicted molar refractivity (Wildman–Crippen MR) is 80.9 cm³/mol. The maximum absolute atomic E-state index is 13.9. The molecule has 21 heavy (non-hydrogen) atoms. The molecule has 0 spiro atoms. The number of amides is 1. The predicted octanol–water partition coefficient (Wildman–Crippen LogP) is 4.07. The van der Waals surface area contributed by atoms with Crippen LogP contribution in [-0.2, 0) is 13.0 Å². The van der Waals surface area contributed by atoms with Gasteiger partial charge in [-0.05, 0) is 36.6 Å². The first-order chi connectivity index (χ1) is 10.2. The van der Waals surface area contributed by atoms with Crippen LogP contribution in [0.1, 0.15) is 27.9 Å². The molecule has 0 aromatic heterocycles. The lowest BCUT2D eigenvalue weighted by Crippen LogP contribution is -2.30. The first kappa shape index (κ1) is 14.1. The minimum Gasteiger partial charge on any atom is -0.334 e. The van der Waals surface area contributed by atoms with Gasteiger partial charge in [-0.25, -0.2) is 4.39 Å². The van der Waals surface area contributed by atoms with Crippen LogP contribution in [0.15, 0.2) is 42.5 Å². The van der Waals surface area contributed by atoms with Crippen molar-refractivity contribution in [3.05, 3.63) is 70.0 Å². The van der Waals surface area contributed by atoms with Gasteiger partial charge in [0.05, 0.1) is 6.54 Å². The van der Waals surface area contributed by atoms with Crippen LogP contribution in [0.5, 0.6) is 0 Å². The number of hydrogen-bond acceptors (Lipinski definition) is 1. The fraction of sp³-hybridized carbons (Fsp3) is 0.235. The fourth-order valence-electron chi connectivity index (χ4n) is 2.70. The molecule has 0 unspecified atom stereocenters. The van der Waals surface area contributed by atoms with E-state index >= 15 is 0 Å².